The van der Waals surface area contributed by atoms with E-state index >= 15 is 0 Å². The Morgan fingerprint density at radius 3 is 2.20 bits per heavy atom. The Morgan fingerprint density at radius 1 is 0.850 bits per heavy atom. The molecule has 1 heterocycles. The quantitative estimate of drug-likeness (QED) is 0.380. The second-order valence-electron chi connectivity index (χ2n) is 5.93. The van der Waals surface area contributed by atoms with Crippen LogP contribution in [-0.4, -0.2) is 4.57 Å². The maximum atomic E-state index is 2.48. The molecule has 0 aromatic carbocycles. The van der Waals surface area contributed by atoms with Gasteiger partial charge in [-0.3, -0.25) is 0 Å². The summed E-state index contributed by atoms with van der Waals surface area (Å²) in [6.07, 6.45) is 18.0. The van der Waals surface area contributed by atoms with Crippen molar-refractivity contribution in [2.45, 2.75) is 98.1 Å². The normalized spacial score (nSPS) is 11.2. The van der Waals surface area contributed by atoms with Crippen molar-refractivity contribution >= 4 is 0 Å². The number of nitrogens with zero attached hydrogens (tertiary/aromatic N) is 2. The van der Waals surface area contributed by atoms with Gasteiger partial charge in [0.2, 0.25) is 0 Å². The molecule has 0 bridgehead atoms. The average molecular weight is 279 g/mol. The van der Waals surface area contributed by atoms with Crippen molar-refractivity contribution in [1.29, 1.82) is 0 Å². The smallest absolute Gasteiger partial charge is 0.234 e. The summed E-state index contributed by atoms with van der Waals surface area (Å²) in [5, 5.41) is 0. The molecule has 1 rings (SSSR count). The third kappa shape index (κ3) is 6.11. The number of aromatic nitrogens is 2. The Balaban J connectivity index is 2.33. The minimum absolute atomic E-state index is 1.15. The molecule has 2 nitrogen and oxygen atoms in total. The van der Waals surface area contributed by atoms with E-state index in [1.54, 1.807) is 0 Å². The summed E-state index contributed by atoms with van der Waals surface area (Å²) < 4.78 is 4.94. The van der Waals surface area contributed by atoms with Crippen molar-refractivity contribution in [3.63, 3.8) is 0 Å². The summed E-state index contributed by atoms with van der Waals surface area (Å²) in [5.41, 5.74) is 0. The zero-order valence-corrected chi connectivity index (χ0v) is 14.0. The molecule has 116 valence electrons. The molecule has 0 radical (unpaired) electrons. The van der Waals surface area contributed by atoms with E-state index in [1.807, 2.05) is 0 Å². The van der Waals surface area contributed by atoms with Crippen LogP contribution < -0.4 is 4.57 Å². The predicted molar refractivity (Wildman–Crippen MR) is 86.9 cm³/mol. The van der Waals surface area contributed by atoms with Crippen molar-refractivity contribution < 1.29 is 4.57 Å². The summed E-state index contributed by atoms with van der Waals surface area (Å²) in [6.45, 7) is 9.24. The van der Waals surface area contributed by atoms with Crippen LogP contribution in [0, 0.1) is 0 Å². The Morgan fingerprint density at radius 2 is 1.50 bits per heavy atom. The fraction of sp³-hybridized carbons (Fsp3) is 0.833. The predicted octanol–water partition coefficient (Wildman–Crippen LogP) is 4.89. The van der Waals surface area contributed by atoms with Gasteiger partial charge >= 0.3 is 0 Å². The average Bonchev–Trinajstić information content (AvgIpc) is 2.85. The van der Waals surface area contributed by atoms with Crippen molar-refractivity contribution in [2.75, 3.05) is 0 Å². The molecule has 0 aliphatic rings. The molecule has 0 aliphatic carbocycles. The van der Waals surface area contributed by atoms with Crippen LogP contribution in [0.1, 0.15) is 84.4 Å². The number of aryl methyl sites for hydroxylation is 2. The monoisotopic (exact) mass is 279 g/mol. The van der Waals surface area contributed by atoms with Gasteiger partial charge in [0.15, 0.2) is 0 Å². The molecule has 0 fully saturated rings. The summed E-state index contributed by atoms with van der Waals surface area (Å²) in [4.78, 5) is 0. The fourth-order valence-corrected chi connectivity index (χ4v) is 2.91. The zero-order chi connectivity index (χ0) is 14.6. The van der Waals surface area contributed by atoms with Crippen LogP contribution in [0.2, 0.25) is 0 Å². The van der Waals surface area contributed by atoms with Gasteiger partial charge in [-0.25, -0.2) is 9.13 Å². The summed E-state index contributed by atoms with van der Waals surface area (Å²) >= 11 is 0. The van der Waals surface area contributed by atoms with Gasteiger partial charge in [-0.1, -0.05) is 52.9 Å². The van der Waals surface area contributed by atoms with Crippen LogP contribution in [0.25, 0.3) is 0 Å². The second-order valence-corrected chi connectivity index (χ2v) is 5.93. The van der Waals surface area contributed by atoms with Crippen LogP contribution >= 0.6 is 0 Å². The largest absolute Gasteiger partial charge is 0.256 e. The van der Waals surface area contributed by atoms with E-state index in [-0.39, 0.29) is 0 Å². The first-order valence-corrected chi connectivity index (χ1v) is 8.90. The van der Waals surface area contributed by atoms with Crippen LogP contribution in [0.4, 0.5) is 0 Å². The molecule has 0 spiro atoms. The molecule has 0 aliphatic heterocycles. The first-order chi connectivity index (χ1) is 9.83. The topological polar surface area (TPSA) is 8.81 Å². The number of hydrogen-bond donors (Lipinski definition) is 0. The molecule has 1 aromatic rings. The van der Waals surface area contributed by atoms with Crippen LogP contribution in [-0.2, 0) is 19.5 Å². The molecule has 0 amide bonds. The van der Waals surface area contributed by atoms with E-state index in [2.05, 4.69) is 42.3 Å². The van der Waals surface area contributed by atoms with Gasteiger partial charge in [0.25, 0.3) is 5.82 Å². The standard InChI is InChI=1S/C18H35N2/c1-4-7-9-10-11-13-15-20-17-16-19(18(20)6-3)14-12-8-5-2/h16-17H,4-15H2,1-3H3/q+1. The molecule has 20 heavy (non-hydrogen) atoms. The molecule has 0 N–H and O–H groups in total. The molecule has 0 saturated heterocycles. The lowest BCUT2D eigenvalue weighted by Crippen LogP contribution is -2.37. The van der Waals surface area contributed by atoms with E-state index in [0.717, 1.165) is 6.42 Å². The van der Waals surface area contributed by atoms with Gasteiger partial charge < -0.3 is 0 Å². The number of rotatable bonds is 12. The van der Waals surface area contributed by atoms with Crippen LogP contribution in [0.15, 0.2) is 12.4 Å². The van der Waals surface area contributed by atoms with E-state index < -0.39 is 0 Å². The highest BCUT2D eigenvalue weighted by molar-refractivity contribution is 4.82. The molecule has 0 atom stereocenters. The summed E-state index contributed by atoms with van der Waals surface area (Å²) in [7, 11) is 0. The first-order valence-electron chi connectivity index (χ1n) is 8.90. The molecule has 2 heteroatoms. The SMILES string of the molecule is CCCCCCCC[n+]1ccn(CCCCC)c1CC. The highest BCUT2D eigenvalue weighted by Crippen LogP contribution is 2.06. The van der Waals surface area contributed by atoms with Crippen molar-refractivity contribution in [2.24, 2.45) is 0 Å². The van der Waals surface area contributed by atoms with E-state index in [4.69, 9.17) is 0 Å². The van der Waals surface area contributed by atoms with Crippen molar-refractivity contribution in [3.8, 4) is 0 Å². The molecule has 1 aromatic heterocycles. The van der Waals surface area contributed by atoms with E-state index in [0.29, 0.717) is 0 Å². The molecular weight excluding hydrogens is 244 g/mol. The molecular formula is C18H35N2+. The minimum atomic E-state index is 1.15. The van der Waals surface area contributed by atoms with Gasteiger partial charge in [0, 0.05) is 6.42 Å². The zero-order valence-electron chi connectivity index (χ0n) is 14.0. The highest BCUT2D eigenvalue weighted by Gasteiger charge is 2.14. The van der Waals surface area contributed by atoms with Crippen LogP contribution in [0.3, 0.4) is 0 Å². The van der Waals surface area contributed by atoms with E-state index in [9.17, 15) is 0 Å². The van der Waals surface area contributed by atoms with Gasteiger partial charge in [0.05, 0.1) is 13.1 Å². The summed E-state index contributed by atoms with van der Waals surface area (Å²) in [6, 6.07) is 0. The number of hydrogen-bond acceptors (Lipinski definition) is 0. The number of imidazole rings is 1. The Kier molecular flexibility index (Phi) is 9.44. The second kappa shape index (κ2) is 10.9. The Hall–Kier alpha value is -0.790. The maximum absolute atomic E-state index is 2.48. The van der Waals surface area contributed by atoms with Crippen molar-refractivity contribution in [3.05, 3.63) is 18.2 Å². The molecule has 0 saturated carbocycles. The Labute approximate surface area is 126 Å². The maximum Gasteiger partial charge on any atom is 0.256 e. The van der Waals surface area contributed by atoms with Gasteiger partial charge in [-0.15, -0.1) is 0 Å². The van der Waals surface area contributed by atoms with Crippen molar-refractivity contribution in [1.82, 2.24) is 4.57 Å². The molecule has 0 unspecified atom stereocenters. The van der Waals surface area contributed by atoms with Gasteiger partial charge in [-0.2, -0.15) is 0 Å². The third-order valence-electron chi connectivity index (χ3n) is 4.16. The lowest BCUT2D eigenvalue weighted by molar-refractivity contribution is -0.704. The number of unbranched alkanes of at least 4 members (excludes halogenated alkanes) is 7. The Bertz CT molecular complexity index is 341. The first kappa shape index (κ1) is 17.3. The van der Waals surface area contributed by atoms with Gasteiger partial charge in [0.1, 0.15) is 12.4 Å². The fourth-order valence-electron chi connectivity index (χ4n) is 2.91. The highest BCUT2D eigenvalue weighted by atomic mass is 15.1. The summed E-state index contributed by atoms with van der Waals surface area (Å²) in [5.74, 6) is 1.51. The lowest BCUT2D eigenvalue weighted by atomic mass is 10.1. The minimum Gasteiger partial charge on any atom is -0.234 e. The van der Waals surface area contributed by atoms with E-state index in [1.165, 1.54) is 76.7 Å². The lowest BCUT2D eigenvalue weighted by Gasteiger charge is -2.04. The van der Waals surface area contributed by atoms with Crippen LogP contribution in [0.5, 0.6) is 0 Å². The third-order valence-corrected chi connectivity index (χ3v) is 4.16. The van der Waals surface area contributed by atoms with Gasteiger partial charge in [-0.05, 0) is 25.7 Å².